The van der Waals surface area contributed by atoms with Gasteiger partial charge in [0, 0.05) is 26.6 Å². The number of nitrogens with one attached hydrogen (secondary N) is 1. The highest BCUT2D eigenvalue weighted by Crippen LogP contribution is 2.19. The monoisotopic (exact) mass is 244 g/mol. The zero-order valence-corrected chi connectivity index (χ0v) is 11.1. The number of anilines is 1. The minimum absolute atomic E-state index is 0.589. The first kappa shape index (κ1) is 11.5. The SMILES string of the molecule is CN(C)c1cccc2cnc(CC3CCCN3)n12. The van der Waals surface area contributed by atoms with Gasteiger partial charge in [0.1, 0.15) is 11.6 Å². The van der Waals surface area contributed by atoms with Gasteiger partial charge in [-0.1, -0.05) is 6.07 Å². The summed E-state index contributed by atoms with van der Waals surface area (Å²) < 4.78 is 2.26. The van der Waals surface area contributed by atoms with Crippen LogP contribution in [0.5, 0.6) is 0 Å². The van der Waals surface area contributed by atoms with E-state index >= 15 is 0 Å². The van der Waals surface area contributed by atoms with Gasteiger partial charge in [-0.05, 0) is 31.5 Å². The molecule has 2 aromatic rings. The van der Waals surface area contributed by atoms with E-state index in [9.17, 15) is 0 Å². The summed E-state index contributed by atoms with van der Waals surface area (Å²) in [6.07, 6.45) is 5.53. The van der Waals surface area contributed by atoms with Crippen molar-refractivity contribution in [3.05, 3.63) is 30.2 Å². The van der Waals surface area contributed by atoms with E-state index in [1.807, 2.05) is 6.20 Å². The van der Waals surface area contributed by atoms with Crippen molar-refractivity contribution in [3.63, 3.8) is 0 Å². The molecule has 1 fully saturated rings. The fourth-order valence-electron chi connectivity index (χ4n) is 2.74. The highest BCUT2D eigenvalue weighted by molar-refractivity contribution is 5.55. The molecule has 0 radical (unpaired) electrons. The maximum atomic E-state index is 4.60. The lowest BCUT2D eigenvalue weighted by atomic mass is 10.1. The first-order valence-corrected chi connectivity index (χ1v) is 6.62. The summed E-state index contributed by atoms with van der Waals surface area (Å²) in [5, 5.41) is 3.54. The minimum atomic E-state index is 0.589. The van der Waals surface area contributed by atoms with Crippen LogP contribution in [0.25, 0.3) is 5.52 Å². The number of hydrogen-bond donors (Lipinski definition) is 1. The first-order chi connectivity index (χ1) is 8.75. The molecule has 1 unspecified atom stereocenters. The number of imidazole rings is 1. The van der Waals surface area contributed by atoms with Crippen LogP contribution in [0.4, 0.5) is 5.82 Å². The van der Waals surface area contributed by atoms with Gasteiger partial charge in [0.05, 0.1) is 11.7 Å². The zero-order chi connectivity index (χ0) is 12.5. The zero-order valence-electron chi connectivity index (χ0n) is 11.1. The van der Waals surface area contributed by atoms with E-state index in [4.69, 9.17) is 0 Å². The fraction of sp³-hybridized carbons (Fsp3) is 0.500. The molecule has 1 atom stereocenters. The van der Waals surface area contributed by atoms with Crippen molar-refractivity contribution >= 4 is 11.3 Å². The molecule has 18 heavy (non-hydrogen) atoms. The van der Waals surface area contributed by atoms with E-state index in [2.05, 4.69) is 51.9 Å². The van der Waals surface area contributed by atoms with Gasteiger partial charge in [0.2, 0.25) is 0 Å². The molecular weight excluding hydrogens is 224 g/mol. The molecule has 0 amide bonds. The predicted octanol–water partition coefficient (Wildman–Crippen LogP) is 1.69. The molecule has 1 aliphatic rings. The van der Waals surface area contributed by atoms with Gasteiger partial charge >= 0.3 is 0 Å². The molecule has 0 aliphatic carbocycles. The molecule has 3 rings (SSSR count). The van der Waals surface area contributed by atoms with Crippen LogP contribution < -0.4 is 10.2 Å². The molecule has 4 nitrogen and oxygen atoms in total. The summed E-state index contributed by atoms with van der Waals surface area (Å²) in [7, 11) is 4.15. The van der Waals surface area contributed by atoms with Crippen molar-refractivity contribution in [1.29, 1.82) is 0 Å². The molecule has 1 N–H and O–H groups in total. The van der Waals surface area contributed by atoms with Crippen LogP contribution >= 0.6 is 0 Å². The van der Waals surface area contributed by atoms with Crippen molar-refractivity contribution in [3.8, 4) is 0 Å². The predicted molar refractivity (Wildman–Crippen MR) is 74.2 cm³/mol. The van der Waals surface area contributed by atoms with Gasteiger partial charge in [-0.25, -0.2) is 4.98 Å². The Morgan fingerprint density at radius 2 is 2.33 bits per heavy atom. The highest BCUT2D eigenvalue weighted by Gasteiger charge is 2.18. The Morgan fingerprint density at radius 1 is 1.44 bits per heavy atom. The van der Waals surface area contributed by atoms with Crippen LogP contribution in [0.15, 0.2) is 24.4 Å². The molecule has 2 aromatic heterocycles. The van der Waals surface area contributed by atoms with Crippen molar-refractivity contribution in [2.75, 3.05) is 25.5 Å². The van der Waals surface area contributed by atoms with Crippen LogP contribution in [0.2, 0.25) is 0 Å². The number of pyridine rings is 1. The van der Waals surface area contributed by atoms with Crippen molar-refractivity contribution in [1.82, 2.24) is 14.7 Å². The Morgan fingerprint density at radius 3 is 3.06 bits per heavy atom. The lowest BCUT2D eigenvalue weighted by molar-refractivity contribution is 0.584. The first-order valence-electron chi connectivity index (χ1n) is 6.62. The van der Waals surface area contributed by atoms with E-state index in [0.29, 0.717) is 6.04 Å². The number of rotatable bonds is 3. The Labute approximate surface area is 108 Å². The number of aromatic nitrogens is 2. The Balaban J connectivity index is 2.00. The third-order valence-electron chi connectivity index (χ3n) is 3.65. The Kier molecular flexibility index (Phi) is 2.96. The maximum Gasteiger partial charge on any atom is 0.116 e. The van der Waals surface area contributed by atoms with Crippen LogP contribution in [0, 0.1) is 0 Å². The molecule has 1 aliphatic heterocycles. The average molecular weight is 244 g/mol. The fourth-order valence-corrected chi connectivity index (χ4v) is 2.74. The summed E-state index contributed by atoms with van der Waals surface area (Å²) in [4.78, 5) is 6.74. The average Bonchev–Trinajstić information content (AvgIpc) is 2.99. The molecule has 4 heteroatoms. The van der Waals surface area contributed by atoms with Crippen LogP contribution in [-0.4, -0.2) is 36.1 Å². The third-order valence-corrected chi connectivity index (χ3v) is 3.65. The van der Waals surface area contributed by atoms with Gasteiger partial charge in [-0.15, -0.1) is 0 Å². The number of fused-ring (bicyclic) bond motifs is 1. The van der Waals surface area contributed by atoms with Crippen molar-refractivity contribution in [2.45, 2.75) is 25.3 Å². The van der Waals surface area contributed by atoms with Gasteiger partial charge in [0.25, 0.3) is 0 Å². The number of hydrogen-bond acceptors (Lipinski definition) is 3. The normalized spacial score (nSPS) is 19.6. The second kappa shape index (κ2) is 4.61. The van der Waals surface area contributed by atoms with E-state index in [1.165, 1.54) is 24.2 Å². The smallest absolute Gasteiger partial charge is 0.116 e. The van der Waals surface area contributed by atoms with Crippen LogP contribution in [0.3, 0.4) is 0 Å². The molecule has 0 bridgehead atoms. The van der Waals surface area contributed by atoms with E-state index < -0.39 is 0 Å². The molecule has 0 saturated carbocycles. The summed E-state index contributed by atoms with van der Waals surface area (Å²) in [5.41, 5.74) is 1.18. The van der Waals surface area contributed by atoms with Gasteiger partial charge in [-0.3, -0.25) is 4.40 Å². The quantitative estimate of drug-likeness (QED) is 0.892. The molecule has 0 spiro atoms. The summed E-state index contributed by atoms with van der Waals surface area (Å²) >= 11 is 0. The van der Waals surface area contributed by atoms with Gasteiger partial charge in [0.15, 0.2) is 0 Å². The largest absolute Gasteiger partial charge is 0.364 e. The summed E-state index contributed by atoms with van der Waals surface area (Å²) in [6, 6.07) is 6.93. The minimum Gasteiger partial charge on any atom is -0.364 e. The molecule has 96 valence electrons. The standard InChI is InChI=1S/C14H20N4/c1-17(2)14-7-3-6-12-10-16-13(18(12)14)9-11-5-4-8-15-11/h3,6-7,10-11,15H,4-5,8-9H2,1-2H3. The van der Waals surface area contributed by atoms with Gasteiger partial charge in [-0.2, -0.15) is 0 Å². The molecule has 3 heterocycles. The van der Waals surface area contributed by atoms with Gasteiger partial charge < -0.3 is 10.2 Å². The molecular formula is C14H20N4. The summed E-state index contributed by atoms with van der Waals surface area (Å²) in [5.74, 6) is 2.35. The van der Waals surface area contributed by atoms with E-state index in [0.717, 1.165) is 18.8 Å². The van der Waals surface area contributed by atoms with Crippen molar-refractivity contribution in [2.24, 2.45) is 0 Å². The van der Waals surface area contributed by atoms with Crippen LogP contribution in [-0.2, 0) is 6.42 Å². The second-order valence-corrected chi connectivity index (χ2v) is 5.21. The third kappa shape index (κ3) is 1.97. The summed E-state index contributed by atoms with van der Waals surface area (Å²) in [6.45, 7) is 1.15. The highest BCUT2D eigenvalue weighted by atomic mass is 15.2. The second-order valence-electron chi connectivity index (χ2n) is 5.21. The number of nitrogens with zero attached hydrogens (tertiary/aromatic N) is 3. The lowest BCUT2D eigenvalue weighted by Crippen LogP contribution is -2.25. The maximum absolute atomic E-state index is 4.60. The Hall–Kier alpha value is -1.55. The van der Waals surface area contributed by atoms with Crippen LogP contribution in [0.1, 0.15) is 18.7 Å². The van der Waals surface area contributed by atoms with E-state index in [-0.39, 0.29) is 0 Å². The Bertz CT molecular complexity index is 538. The van der Waals surface area contributed by atoms with E-state index in [1.54, 1.807) is 0 Å². The topological polar surface area (TPSA) is 32.6 Å². The lowest BCUT2D eigenvalue weighted by Gasteiger charge is -2.17. The van der Waals surface area contributed by atoms with Crippen molar-refractivity contribution < 1.29 is 0 Å². The molecule has 1 saturated heterocycles. The molecule has 0 aromatic carbocycles.